The van der Waals surface area contributed by atoms with E-state index >= 15 is 0 Å². The predicted molar refractivity (Wildman–Crippen MR) is 122 cm³/mol. The van der Waals surface area contributed by atoms with Crippen LogP contribution in [-0.4, -0.2) is 37.0 Å². The van der Waals surface area contributed by atoms with Crippen molar-refractivity contribution in [2.24, 2.45) is 0 Å². The Morgan fingerprint density at radius 3 is 2.41 bits per heavy atom. The van der Waals surface area contributed by atoms with Gasteiger partial charge in [0.1, 0.15) is 5.56 Å². The minimum absolute atomic E-state index is 0.242. The number of urea groups is 1. The van der Waals surface area contributed by atoms with E-state index in [0.717, 1.165) is 25.2 Å². The third kappa shape index (κ3) is 5.44. The smallest absolute Gasteiger partial charge is 0.349 e. The van der Waals surface area contributed by atoms with Crippen molar-refractivity contribution in [2.75, 3.05) is 25.5 Å². The normalized spacial score (nSPS) is 10.8. The molecule has 0 unspecified atom stereocenters. The Hall–Kier alpha value is -3.85. The minimum atomic E-state index is -0.842. The predicted octanol–water partition coefficient (Wildman–Crippen LogP) is 3.11. The number of anilines is 1. The summed E-state index contributed by atoms with van der Waals surface area (Å²) in [7, 11) is 1.45. The molecule has 9 heteroatoms. The lowest BCUT2D eigenvalue weighted by Gasteiger charge is -2.18. The molecule has 0 aliphatic heterocycles. The summed E-state index contributed by atoms with van der Waals surface area (Å²) in [4.78, 5) is 39.0. The minimum Gasteiger partial charge on any atom is -0.493 e. The lowest BCUT2D eigenvalue weighted by atomic mass is 10.1. The van der Waals surface area contributed by atoms with Gasteiger partial charge in [-0.3, -0.25) is 15.1 Å². The Kier molecular flexibility index (Phi) is 7.45. The summed E-state index contributed by atoms with van der Waals surface area (Å²) in [6.45, 7) is 6.96. The fourth-order valence-electron chi connectivity index (χ4n) is 3.18. The van der Waals surface area contributed by atoms with E-state index < -0.39 is 17.6 Å². The van der Waals surface area contributed by atoms with Crippen molar-refractivity contribution < 1.29 is 18.7 Å². The van der Waals surface area contributed by atoms with E-state index in [2.05, 4.69) is 34.9 Å². The zero-order valence-electron chi connectivity index (χ0n) is 18.2. The van der Waals surface area contributed by atoms with Gasteiger partial charge in [0, 0.05) is 17.6 Å². The molecule has 1 heterocycles. The molecule has 0 radical (unpaired) electrons. The number of hydrazine groups is 1. The van der Waals surface area contributed by atoms with Crippen LogP contribution in [0.2, 0.25) is 0 Å². The fraction of sp³-hybridized carbons (Fsp3) is 0.261. The summed E-state index contributed by atoms with van der Waals surface area (Å²) in [5.74, 6) is -0.416. The number of ether oxygens (including phenoxy) is 1. The molecule has 0 saturated heterocycles. The zero-order valence-corrected chi connectivity index (χ0v) is 18.2. The molecule has 2 aromatic carbocycles. The van der Waals surface area contributed by atoms with Gasteiger partial charge in [0.15, 0.2) is 11.3 Å². The first-order valence-electron chi connectivity index (χ1n) is 10.2. The summed E-state index contributed by atoms with van der Waals surface area (Å²) in [5, 5.41) is 3.14. The average Bonchev–Trinajstić information content (AvgIpc) is 2.81. The van der Waals surface area contributed by atoms with Crippen molar-refractivity contribution in [3.63, 3.8) is 0 Å². The molecular formula is C23H26N4O5. The van der Waals surface area contributed by atoms with Crippen molar-refractivity contribution in [2.45, 2.75) is 20.4 Å². The standard InChI is InChI=1S/C23H26N4O5/c1-4-27(5-2)14-15-9-11-17(12-10-15)24-23(30)26-25-21(28)18-13-16-7-6-8-19(31-3)20(16)32-22(18)29/h6-13H,4-5,14H2,1-3H3,(H,25,28)(H2,24,26,30). The largest absolute Gasteiger partial charge is 0.493 e. The topological polar surface area (TPSA) is 113 Å². The number of nitrogens with zero attached hydrogens (tertiary/aromatic N) is 1. The van der Waals surface area contributed by atoms with Gasteiger partial charge in [-0.15, -0.1) is 0 Å². The Balaban J connectivity index is 1.60. The number of rotatable bonds is 7. The molecule has 3 amide bonds. The van der Waals surface area contributed by atoms with Crippen LogP contribution in [0.5, 0.6) is 5.75 Å². The van der Waals surface area contributed by atoms with E-state index in [-0.39, 0.29) is 11.1 Å². The van der Waals surface area contributed by atoms with Crippen LogP contribution in [0.15, 0.2) is 57.7 Å². The van der Waals surface area contributed by atoms with Crippen molar-refractivity contribution >= 4 is 28.6 Å². The van der Waals surface area contributed by atoms with Crippen molar-refractivity contribution in [1.29, 1.82) is 0 Å². The zero-order chi connectivity index (χ0) is 23.1. The monoisotopic (exact) mass is 438 g/mol. The van der Waals surface area contributed by atoms with E-state index in [1.54, 1.807) is 30.3 Å². The maximum atomic E-state index is 12.4. The second-order valence-corrected chi connectivity index (χ2v) is 7.02. The third-order valence-electron chi connectivity index (χ3n) is 4.99. The first kappa shape index (κ1) is 22.8. The van der Waals surface area contributed by atoms with Crippen molar-refractivity contribution in [3.8, 4) is 5.75 Å². The maximum Gasteiger partial charge on any atom is 0.349 e. The molecule has 3 rings (SSSR count). The van der Waals surface area contributed by atoms with E-state index in [4.69, 9.17) is 9.15 Å². The highest BCUT2D eigenvalue weighted by Crippen LogP contribution is 2.24. The van der Waals surface area contributed by atoms with Crippen LogP contribution in [0.3, 0.4) is 0 Å². The van der Waals surface area contributed by atoms with Gasteiger partial charge in [0.25, 0.3) is 5.91 Å². The molecule has 0 aliphatic rings. The molecule has 168 valence electrons. The number of methoxy groups -OCH3 is 1. The highest BCUT2D eigenvalue weighted by Gasteiger charge is 2.16. The van der Waals surface area contributed by atoms with Gasteiger partial charge in [0.2, 0.25) is 0 Å². The molecule has 1 aromatic heterocycles. The molecule has 0 fully saturated rings. The van der Waals surface area contributed by atoms with Gasteiger partial charge >= 0.3 is 11.7 Å². The van der Waals surface area contributed by atoms with Crippen LogP contribution in [0.4, 0.5) is 10.5 Å². The van der Waals surface area contributed by atoms with Crippen molar-refractivity contribution in [3.05, 3.63) is 70.1 Å². The van der Waals surface area contributed by atoms with Crippen LogP contribution in [0, 0.1) is 0 Å². The molecule has 3 N–H and O–H groups in total. The summed E-state index contributed by atoms with van der Waals surface area (Å²) in [6.07, 6.45) is 0. The second kappa shape index (κ2) is 10.5. The Morgan fingerprint density at radius 2 is 1.75 bits per heavy atom. The molecular weight excluding hydrogens is 412 g/mol. The van der Waals surface area contributed by atoms with E-state index in [1.165, 1.54) is 13.2 Å². The number of fused-ring (bicyclic) bond motifs is 1. The van der Waals surface area contributed by atoms with E-state index in [1.807, 2.05) is 12.1 Å². The first-order valence-corrected chi connectivity index (χ1v) is 10.2. The number of carbonyl (C=O) groups is 2. The molecule has 0 atom stereocenters. The Labute approximate surface area is 185 Å². The number of amides is 3. The van der Waals surface area contributed by atoms with E-state index in [0.29, 0.717) is 16.8 Å². The first-order chi connectivity index (χ1) is 15.4. The van der Waals surface area contributed by atoms with Crippen LogP contribution >= 0.6 is 0 Å². The molecule has 32 heavy (non-hydrogen) atoms. The van der Waals surface area contributed by atoms with Crippen LogP contribution in [0.1, 0.15) is 29.8 Å². The number of hydrogen-bond acceptors (Lipinski definition) is 6. The SMILES string of the molecule is CCN(CC)Cc1ccc(NC(=O)NNC(=O)c2cc3cccc(OC)c3oc2=O)cc1. The Bertz CT molecular complexity index is 1150. The summed E-state index contributed by atoms with van der Waals surface area (Å²) >= 11 is 0. The van der Waals surface area contributed by atoms with Crippen LogP contribution in [-0.2, 0) is 6.54 Å². The second-order valence-electron chi connectivity index (χ2n) is 7.02. The summed E-state index contributed by atoms with van der Waals surface area (Å²) in [5.41, 5.74) is 5.29. The number of hydrogen-bond donors (Lipinski definition) is 3. The average molecular weight is 438 g/mol. The van der Waals surface area contributed by atoms with Crippen LogP contribution < -0.4 is 26.5 Å². The van der Waals surface area contributed by atoms with Crippen LogP contribution in [0.25, 0.3) is 11.0 Å². The molecule has 3 aromatic rings. The molecule has 0 spiro atoms. The highest BCUT2D eigenvalue weighted by molar-refractivity contribution is 5.99. The summed E-state index contributed by atoms with van der Waals surface area (Å²) in [6, 6.07) is 13.2. The van der Waals surface area contributed by atoms with Crippen molar-refractivity contribution in [1.82, 2.24) is 15.8 Å². The molecule has 0 aliphatic carbocycles. The molecule has 9 nitrogen and oxygen atoms in total. The van der Waals surface area contributed by atoms with Gasteiger partial charge in [0.05, 0.1) is 7.11 Å². The van der Waals surface area contributed by atoms with Gasteiger partial charge in [-0.05, 0) is 42.9 Å². The number of carbonyl (C=O) groups excluding carboxylic acids is 2. The van der Waals surface area contributed by atoms with E-state index in [9.17, 15) is 14.4 Å². The number of nitrogens with one attached hydrogen (secondary N) is 3. The maximum absolute atomic E-state index is 12.4. The Morgan fingerprint density at radius 1 is 1.03 bits per heavy atom. The number of para-hydroxylation sites is 1. The number of benzene rings is 2. The molecule has 0 saturated carbocycles. The molecule has 0 bridgehead atoms. The quantitative estimate of drug-likeness (QED) is 0.386. The highest BCUT2D eigenvalue weighted by atomic mass is 16.5. The third-order valence-corrected chi connectivity index (χ3v) is 4.99. The van der Waals surface area contributed by atoms with Gasteiger partial charge in [-0.25, -0.2) is 15.0 Å². The lowest BCUT2D eigenvalue weighted by Crippen LogP contribution is -2.45. The summed E-state index contributed by atoms with van der Waals surface area (Å²) < 4.78 is 10.4. The van der Waals surface area contributed by atoms with Gasteiger partial charge in [-0.2, -0.15) is 0 Å². The lowest BCUT2D eigenvalue weighted by molar-refractivity contribution is 0.0934. The van der Waals surface area contributed by atoms with Gasteiger partial charge in [-0.1, -0.05) is 38.1 Å². The fourth-order valence-corrected chi connectivity index (χ4v) is 3.18. The van der Waals surface area contributed by atoms with Gasteiger partial charge < -0.3 is 14.5 Å².